The molecule has 248 valence electrons. The van der Waals surface area contributed by atoms with E-state index in [0.29, 0.717) is 33.9 Å². The minimum absolute atomic E-state index is 0.0328. The lowest BCUT2D eigenvalue weighted by atomic mass is 10.0. The zero-order valence-corrected chi connectivity index (χ0v) is 27.7. The third kappa shape index (κ3) is 7.57. The third-order valence-corrected chi connectivity index (χ3v) is 9.18. The molecule has 0 spiro atoms. The Kier molecular flexibility index (Phi) is 9.85. The maximum Gasteiger partial charge on any atom is 0.336 e. The number of nitrogens with one attached hydrogen (secondary N) is 3. The molecule has 1 aromatic heterocycles. The van der Waals surface area contributed by atoms with E-state index in [0.717, 1.165) is 36.9 Å². The fourth-order valence-corrected chi connectivity index (χ4v) is 6.47. The van der Waals surface area contributed by atoms with Crippen LogP contribution < -0.4 is 20.3 Å². The molecule has 1 saturated carbocycles. The Balaban J connectivity index is 1.46. The molecule has 12 nitrogen and oxygen atoms in total. The average molecular weight is 661 g/mol. The largest absolute Gasteiger partial charge is 0.478 e. The van der Waals surface area contributed by atoms with Crippen molar-refractivity contribution < 1.29 is 27.9 Å². The van der Waals surface area contributed by atoms with E-state index in [1.54, 1.807) is 29.9 Å². The number of sulfonamides is 1. The highest BCUT2D eigenvalue weighted by Gasteiger charge is 2.32. The summed E-state index contributed by atoms with van der Waals surface area (Å²) in [6.45, 7) is 5.27. The molecule has 0 radical (unpaired) electrons. The predicted octanol–water partition coefficient (Wildman–Crippen LogP) is 4.61. The Morgan fingerprint density at radius 2 is 1.70 bits per heavy atom. The smallest absolute Gasteiger partial charge is 0.336 e. The Hall–Kier alpha value is -4.91. The second-order valence-corrected chi connectivity index (χ2v) is 14.1. The Labute approximate surface area is 274 Å². The van der Waals surface area contributed by atoms with Crippen LogP contribution >= 0.6 is 0 Å². The minimum Gasteiger partial charge on any atom is -0.478 e. The van der Waals surface area contributed by atoms with Gasteiger partial charge in [0, 0.05) is 37.8 Å². The van der Waals surface area contributed by atoms with E-state index in [2.05, 4.69) is 29.8 Å². The Morgan fingerprint density at radius 3 is 2.30 bits per heavy atom. The van der Waals surface area contributed by atoms with Crippen molar-refractivity contribution >= 4 is 50.1 Å². The van der Waals surface area contributed by atoms with E-state index in [1.807, 2.05) is 30.3 Å². The molecule has 0 aliphatic heterocycles. The van der Waals surface area contributed by atoms with E-state index in [9.17, 15) is 27.9 Å². The fourth-order valence-electron chi connectivity index (χ4n) is 5.49. The first-order chi connectivity index (χ1) is 22.4. The summed E-state index contributed by atoms with van der Waals surface area (Å²) >= 11 is 0. The molecule has 0 atom stereocenters. The van der Waals surface area contributed by atoms with Crippen LogP contribution in [0, 0.1) is 5.92 Å². The van der Waals surface area contributed by atoms with Crippen molar-refractivity contribution in [1.29, 1.82) is 0 Å². The van der Waals surface area contributed by atoms with Gasteiger partial charge in [0.1, 0.15) is 5.69 Å². The maximum absolute atomic E-state index is 13.2. The molecule has 13 heteroatoms. The molecular formula is C34H40N6O6S. The summed E-state index contributed by atoms with van der Waals surface area (Å²) in [6, 6.07) is 17.2. The number of benzene rings is 3. The highest BCUT2D eigenvalue weighted by Crippen LogP contribution is 2.46. The summed E-state index contributed by atoms with van der Waals surface area (Å²) < 4.78 is 29.3. The Morgan fingerprint density at radius 1 is 1.02 bits per heavy atom. The van der Waals surface area contributed by atoms with Crippen molar-refractivity contribution in [2.24, 2.45) is 5.92 Å². The van der Waals surface area contributed by atoms with Crippen molar-refractivity contribution in [3.63, 3.8) is 0 Å². The van der Waals surface area contributed by atoms with Gasteiger partial charge in [0.05, 0.1) is 34.3 Å². The minimum atomic E-state index is -3.76. The maximum atomic E-state index is 13.2. The zero-order valence-electron chi connectivity index (χ0n) is 26.9. The van der Waals surface area contributed by atoms with Crippen molar-refractivity contribution in [3.8, 4) is 5.69 Å². The van der Waals surface area contributed by atoms with Gasteiger partial charge in [0.2, 0.25) is 10.0 Å². The van der Waals surface area contributed by atoms with Gasteiger partial charge in [-0.1, -0.05) is 26.0 Å². The van der Waals surface area contributed by atoms with Crippen molar-refractivity contribution in [2.75, 3.05) is 42.6 Å². The van der Waals surface area contributed by atoms with Crippen molar-refractivity contribution in [2.45, 2.75) is 39.0 Å². The average Bonchev–Trinajstić information content (AvgIpc) is 3.82. The molecule has 0 unspecified atom stereocenters. The van der Waals surface area contributed by atoms with Crippen LogP contribution in [0.2, 0.25) is 0 Å². The molecule has 1 heterocycles. The van der Waals surface area contributed by atoms with E-state index in [1.165, 1.54) is 16.4 Å². The van der Waals surface area contributed by atoms with Crippen LogP contribution in [-0.4, -0.2) is 74.0 Å². The van der Waals surface area contributed by atoms with E-state index in [4.69, 9.17) is 5.10 Å². The van der Waals surface area contributed by atoms with Crippen LogP contribution in [0.1, 0.15) is 75.8 Å². The lowest BCUT2D eigenvalue weighted by molar-refractivity contribution is 0.0690. The van der Waals surface area contributed by atoms with Gasteiger partial charge < -0.3 is 21.1 Å². The van der Waals surface area contributed by atoms with E-state index >= 15 is 0 Å². The fraction of sp³-hybridized carbons (Fsp3) is 0.353. The summed E-state index contributed by atoms with van der Waals surface area (Å²) in [5, 5.41) is 23.6. The number of amides is 2. The molecule has 4 N–H and O–H groups in total. The van der Waals surface area contributed by atoms with Crippen LogP contribution in [0.25, 0.3) is 16.6 Å². The van der Waals surface area contributed by atoms with Gasteiger partial charge in [-0.05, 0) is 85.2 Å². The molecule has 3 aromatic carbocycles. The number of carbonyl (C=O) groups excluding carboxylic acids is 2. The number of nitrogens with zero attached hydrogens (tertiary/aromatic N) is 3. The Bertz CT molecular complexity index is 1920. The van der Waals surface area contributed by atoms with Crippen molar-refractivity contribution in [1.82, 2.24) is 20.4 Å². The number of carboxylic acid groups (broad SMARTS) is 1. The van der Waals surface area contributed by atoms with Gasteiger partial charge in [0.25, 0.3) is 11.8 Å². The molecule has 47 heavy (non-hydrogen) atoms. The number of aromatic nitrogens is 2. The number of fused-ring (bicyclic) bond motifs is 1. The number of anilines is 2. The number of carbonyl (C=O) groups is 3. The first-order valence-corrected chi connectivity index (χ1v) is 17.4. The highest BCUT2D eigenvalue weighted by atomic mass is 32.2. The summed E-state index contributed by atoms with van der Waals surface area (Å²) in [5.41, 5.74) is 3.69. The molecule has 0 saturated heterocycles. The second kappa shape index (κ2) is 13.8. The molecule has 1 aliphatic rings. The molecule has 4 aromatic rings. The number of hydrogen-bond donors (Lipinski definition) is 4. The van der Waals surface area contributed by atoms with Gasteiger partial charge in [-0.3, -0.25) is 13.9 Å². The van der Waals surface area contributed by atoms with Gasteiger partial charge in [-0.25, -0.2) is 17.9 Å². The van der Waals surface area contributed by atoms with Gasteiger partial charge in [0.15, 0.2) is 0 Å². The third-order valence-electron chi connectivity index (χ3n) is 8.00. The molecule has 1 fully saturated rings. The van der Waals surface area contributed by atoms with Crippen LogP contribution in [0.3, 0.4) is 0 Å². The van der Waals surface area contributed by atoms with Gasteiger partial charge in [-0.15, -0.1) is 0 Å². The van der Waals surface area contributed by atoms with Crippen LogP contribution in [-0.2, 0) is 10.0 Å². The number of rotatable bonds is 14. The molecule has 2 amide bonds. The monoisotopic (exact) mass is 660 g/mol. The quantitative estimate of drug-likeness (QED) is 0.143. The van der Waals surface area contributed by atoms with E-state index < -0.39 is 21.9 Å². The van der Waals surface area contributed by atoms with Gasteiger partial charge >= 0.3 is 5.97 Å². The van der Waals surface area contributed by atoms with Crippen LogP contribution in [0.4, 0.5) is 11.4 Å². The molecule has 0 bridgehead atoms. The summed E-state index contributed by atoms with van der Waals surface area (Å²) in [4.78, 5) is 37.5. The van der Waals surface area contributed by atoms with Crippen LogP contribution in [0.15, 0.2) is 60.7 Å². The zero-order chi connectivity index (χ0) is 33.9. The standard InChI is InChI=1S/C34H40N6O6S/c1-21(2)20-37-23-12-14-24(15-13-23)40-31(33(42)35-3)28-18-27(22-10-11-22)30(19-29(28)38-40)39(47(4,45)46)17-7-16-36-32(41)25-8-5-6-9-26(25)34(43)44/h5-6,8-9,12-15,18-19,21-22,37H,7,10-11,16-17,20H2,1-4H3,(H,35,42)(H,36,41)(H,43,44). The number of hydrogen-bond acceptors (Lipinski definition) is 7. The highest BCUT2D eigenvalue weighted by molar-refractivity contribution is 7.92. The lowest BCUT2D eigenvalue weighted by Crippen LogP contribution is -2.34. The predicted molar refractivity (Wildman–Crippen MR) is 182 cm³/mol. The van der Waals surface area contributed by atoms with Gasteiger partial charge in [-0.2, -0.15) is 5.10 Å². The summed E-state index contributed by atoms with van der Waals surface area (Å²) in [6.07, 6.45) is 3.19. The first kappa shape index (κ1) is 33.5. The normalized spacial score (nSPS) is 13.0. The summed E-state index contributed by atoms with van der Waals surface area (Å²) in [5.74, 6) is -1.46. The lowest BCUT2D eigenvalue weighted by Gasteiger charge is -2.25. The SMILES string of the molecule is CNC(=O)c1c2cc(C3CC3)c(N(CCCNC(=O)c3ccccc3C(=O)O)S(C)(=O)=O)cc2nn1-c1ccc(NCC(C)C)cc1. The van der Waals surface area contributed by atoms with E-state index in [-0.39, 0.29) is 42.5 Å². The summed E-state index contributed by atoms with van der Waals surface area (Å²) in [7, 11) is -2.20. The number of carboxylic acids is 1. The molecule has 1 aliphatic carbocycles. The first-order valence-electron chi connectivity index (χ1n) is 15.6. The molecule has 5 rings (SSSR count). The second-order valence-electron chi connectivity index (χ2n) is 12.2. The molecular weight excluding hydrogens is 620 g/mol. The number of aromatic carboxylic acids is 1. The van der Waals surface area contributed by atoms with Crippen LogP contribution in [0.5, 0.6) is 0 Å². The topological polar surface area (TPSA) is 163 Å². The van der Waals surface area contributed by atoms with Crippen molar-refractivity contribution in [3.05, 3.63) is 83.0 Å².